The highest BCUT2D eigenvalue weighted by Gasteiger charge is 2.15. The molecule has 68 valence electrons. The van der Waals surface area contributed by atoms with Crippen LogP contribution in [0, 0.1) is 5.92 Å². The Labute approximate surface area is 72.4 Å². The number of allylic oxidation sites excluding steroid dienone is 1. The number of carbonyl (C=O) groups is 1. The molecule has 1 heterocycles. The summed E-state index contributed by atoms with van der Waals surface area (Å²) in [5, 5.41) is 0. The van der Waals surface area contributed by atoms with Crippen molar-refractivity contribution in [1.82, 2.24) is 0 Å². The molecular formula is C9H14O3. The minimum Gasteiger partial charge on any atom is -0.463 e. The number of hydrogen-bond acceptors (Lipinski definition) is 3. The van der Waals surface area contributed by atoms with Crippen LogP contribution in [0.25, 0.3) is 0 Å². The van der Waals surface area contributed by atoms with Crippen LogP contribution in [0.15, 0.2) is 12.3 Å². The number of carbonyl (C=O) groups excluding carboxylic acids is 1. The van der Waals surface area contributed by atoms with E-state index in [1.807, 2.05) is 6.08 Å². The van der Waals surface area contributed by atoms with Crippen molar-refractivity contribution in [2.45, 2.75) is 33.0 Å². The third-order valence-electron chi connectivity index (χ3n) is 1.79. The minimum absolute atomic E-state index is 0.289. The van der Waals surface area contributed by atoms with Crippen LogP contribution in [0.3, 0.4) is 0 Å². The number of ether oxygens (including phenoxy) is 2. The van der Waals surface area contributed by atoms with Gasteiger partial charge in [0.15, 0.2) is 0 Å². The standard InChI is InChI=1S/C9H14O3/c1-7-3-4-9(11-6-5-7)12-8(2)10/h5-7,9H,3-4H2,1-2H3. The lowest BCUT2D eigenvalue weighted by atomic mass is 10.1. The second kappa shape index (κ2) is 4.14. The molecule has 0 aliphatic carbocycles. The van der Waals surface area contributed by atoms with E-state index in [0.717, 1.165) is 12.8 Å². The first-order valence-electron chi connectivity index (χ1n) is 4.18. The maximum Gasteiger partial charge on any atom is 0.305 e. The van der Waals surface area contributed by atoms with Crippen LogP contribution in [-0.4, -0.2) is 12.3 Å². The molecule has 1 rings (SSSR count). The quantitative estimate of drug-likeness (QED) is 0.563. The van der Waals surface area contributed by atoms with E-state index in [1.165, 1.54) is 6.92 Å². The summed E-state index contributed by atoms with van der Waals surface area (Å²) >= 11 is 0. The van der Waals surface area contributed by atoms with E-state index in [-0.39, 0.29) is 12.3 Å². The van der Waals surface area contributed by atoms with Gasteiger partial charge in [0.25, 0.3) is 0 Å². The maximum atomic E-state index is 10.6. The number of hydrogen-bond donors (Lipinski definition) is 0. The molecule has 0 aromatic rings. The topological polar surface area (TPSA) is 35.5 Å². The van der Waals surface area contributed by atoms with Crippen molar-refractivity contribution in [2.75, 3.05) is 0 Å². The Morgan fingerprint density at radius 3 is 3.00 bits per heavy atom. The maximum absolute atomic E-state index is 10.6. The van der Waals surface area contributed by atoms with Gasteiger partial charge in [0.05, 0.1) is 6.26 Å². The van der Waals surface area contributed by atoms with Gasteiger partial charge in [-0.05, 0) is 18.4 Å². The van der Waals surface area contributed by atoms with Crippen molar-refractivity contribution < 1.29 is 14.3 Å². The van der Waals surface area contributed by atoms with E-state index in [0.29, 0.717) is 5.92 Å². The first-order valence-corrected chi connectivity index (χ1v) is 4.18. The summed E-state index contributed by atoms with van der Waals surface area (Å²) in [6.07, 6.45) is 4.97. The monoisotopic (exact) mass is 170 g/mol. The van der Waals surface area contributed by atoms with Gasteiger partial charge in [-0.2, -0.15) is 0 Å². The van der Waals surface area contributed by atoms with E-state index in [9.17, 15) is 4.79 Å². The fourth-order valence-electron chi connectivity index (χ4n) is 1.10. The van der Waals surface area contributed by atoms with Crippen LogP contribution < -0.4 is 0 Å². The van der Waals surface area contributed by atoms with Gasteiger partial charge in [-0.3, -0.25) is 4.79 Å². The highest BCUT2D eigenvalue weighted by atomic mass is 16.7. The third kappa shape index (κ3) is 2.95. The summed E-state index contributed by atoms with van der Waals surface area (Å²) in [4.78, 5) is 10.6. The molecule has 3 nitrogen and oxygen atoms in total. The van der Waals surface area contributed by atoms with Crippen molar-refractivity contribution in [3.8, 4) is 0 Å². The Morgan fingerprint density at radius 1 is 1.58 bits per heavy atom. The van der Waals surface area contributed by atoms with E-state index in [2.05, 4.69) is 6.92 Å². The zero-order valence-electron chi connectivity index (χ0n) is 7.45. The van der Waals surface area contributed by atoms with Crippen molar-refractivity contribution >= 4 is 5.97 Å². The van der Waals surface area contributed by atoms with Gasteiger partial charge < -0.3 is 9.47 Å². The smallest absolute Gasteiger partial charge is 0.305 e. The molecule has 0 N–H and O–H groups in total. The molecule has 3 heteroatoms. The van der Waals surface area contributed by atoms with E-state index >= 15 is 0 Å². The highest BCUT2D eigenvalue weighted by molar-refractivity contribution is 5.66. The molecule has 0 spiro atoms. The summed E-state index contributed by atoms with van der Waals surface area (Å²) in [7, 11) is 0. The van der Waals surface area contributed by atoms with Crippen LogP contribution in [0.4, 0.5) is 0 Å². The predicted octanol–water partition coefficient (Wildman–Crippen LogP) is 1.84. The Morgan fingerprint density at radius 2 is 2.33 bits per heavy atom. The molecule has 0 fully saturated rings. The van der Waals surface area contributed by atoms with Crippen molar-refractivity contribution in [2.24, 2.45) is 5.92 Å². The SMILES string of the molecule is CC(=O)OC1CCC(C)C=CO1. The molecule has 0 aromatic carbocycles. The summed E-state index contributed by atoms with van der Waals surface area (Å²) in [6.45, 7) is 3.50. The molecule has 2 atom stereocenters. The number of esters is 1. The van der Waals surface area contributed by atoms with E-state index in [1.54, 1.807) is 6.26 Å². The molecule has 0 bridgehead atoms. The van der Waals surface area contributed by atoms with E-state index in [4.69, 9.17) is 9.47 Å². The average molecular weight is 170 g/mol. The van der Waals surface area contributed by atoms with Crippen LogP contribution in [0.5, 0.6) is 0 Å². The normalized spacial score (nSPS) is 28.8. The van der Waals surface area contributed by atoms with Crippen molar-refractivity contribution in [3.05, 3.63) is 12.3 Å². The highest BCUT2D eigenvalue weighted by Crippen LogP contribution is 2.16. The zero-order valence-corrected chi connectivity index (χ0v) is 7.45. The van der Waals surface area contributed by atoms with Crippen LogP contribution in [0.1, 0.15) is 26.7 Å². The molecule has 1 aliphatic rings. The Hall–Kier alpha value is -0.990. The third-order valence-corrected chi connectivity index (χ3v) is 1.79. The molecule has 0 radical (unpaired) electrons. The lowest BCUT2D eigenvalue weighted by Gasteiger charge is -2.13. The Bertz CT molecular complexity index is 186. The number of rotatable bonds is 1. The van der Waals surface area contributed by atoms with Crippen LogP contribution in [-0.2, 0) is 14.3 Å². The summed E-state index contributed by atoms with van der Waals surface area (Å²) in [5.74, 6) is 0.216. The molecule has 0 saturated carbocycles. The van der Waals surface area contributed by atoms with E-state index < -0.39 is 0 Å². The lowest BCUT2D eigenvalue weighted by Crippen LogP contribution is -2.17. The fourth-order valence-corrected chi connectivity index (χ4v) is 1.10. The predicted molar refractivity (Wildman–Crippen MR) is 44.2 cm³/mol. The van der Waals surface area contributed by atoms with Gasteiger partial charge in [0.2, 0.25) is 6.29 Å². The lowest BCUT2D eigenvalue weighted by molar-refractivity contribution is -0.166. The molecule has 1 aliphatic heterocycles. The summed E-state index contributed by atoms with van der Waals surface area (Å²) in [6, 6.07) is 0. The fraction of sp³-hybridized carbons (Fsp3) is 0.667. The molecule has 12 heavy (non-hydrogen) atoms. The van der Waals surface area contributed by atoms with Crippen molar-refractivity contribution in [3.63, 3.8) is 0 Å². The molecule has 0 aromatic heterocycles. The summed E-state index contributed by atoms with van der Waals surface area (Å²) < 4.78 is 10.1. The van der Waals surface area contributed by atoms with Crippen LogP contribution >= 0.6 is 0 Å². The summed E-state index contributed by atoms with van der Waals surface area (Å²) in [5.41, 5.74) is 0. The average Bonchev–Trinajstić information content (AvgIpc) is 2.15. The van der Waals surface area contributed by atoms with Crippen LogP contribution in [0.2, 0.25) is 0 Å². The molecule has 0 amide bonds. The van der Waals surface area contributed by atoms with Gasteiger partial charge >= 0.3 is 5.97 Å². The first-order chi connectivity index (χ1) is 5.68. The first kappa shape index (κ1) is 9.10. The van der Waals surface area contributed by atoms with Gasteiger partial charge in [-0.15, -0.1) is 0 Å². The van der Waals surface area contributed by atoms with Crippen molar-refractivity contribution in [1.29, 1.82) is 0 Å². The zero-order chi connectivity index (χ0) is 8.97. The molecular weight excluding hydrogens is 156 g/mol. The van der Waals surface area contributed by atoms with Gasteiger partial charge in [0.1, 0.15) is 0 Å². The van der Waals surface area contributed by atoms with Gasteiger partial charge in [-0.1, -0.05) is 6.92 Å². The molecule has 0 saturated heterocycles. The molecule has 2 unspecified atom stereocenters. The minimum atomic E-state index is -0.385. The van der Waals surface area contributed by atoms with Gasteiger partial charge in [0, 0.05) is 13.3 Å². The van der Waals surface area contributed by atoms with Gasteiger partial charge in [-0.25, -0.2) is 0 Å². The Kier molecular flexibility index (Phi) is 3.14. The second-order valence-electron chi connectivity index (χ2n) is 3.06. The largest absolute Gasteiger partial charge is 0.463 e. The Balaban J connectivity index is 2.38. The second-order valence-corrected chi connectivity index (χ2v) is 3.06.